The van der Waals surface area contributed by atoms with E-state index >= 15 is 0 Å². The number of carbonyl (C=O) groups excluding carboxylic acids is 1. The summed E-state index contributed by atoms with van der Waals surface area (Å²) in [5.74, 6) is 0.0743. The molecule has 1 unspecified atom stereocenters. The van der Waals surface area contributed by atoms with Crippen molar-refractivity contribution in [3.8, 4) is 0 Å². The Morgan fingerprint density at radius 3 is 2.78 bits per heavy atom. The van der Waals surface area contributed by atoms with Gasteiger partial charge in [-0.15, -0.1) is 24.2 Å². The number of benzene rings is 1. The lowest BCUT2D eigenvalue weighted by molar-refractivity contribution is -0.120. The van der Waals surface area contributed by atoms with Gasteiger partial charge < -0.3 is 15.5 Å². The van der Waals surface area contributed by atoms with E-state index in [-0.39, 0.29) is 23.6 Å². The number of rotatable bonds is 7. The number of carbonyl (C=O) groups is 1. The monoisotopic (exact) mass is 377 g/mol. The molecule has 0 aromatic heterocycles. The fourth-order valence-corrected chi connectivity index (χ4v) is 3.56. The number of hydrogen-bond donors (Lipinski definition) is 2. The van der Waals surface area contributed by atoms with Gasteiger partial charge in [-0.25, -0.2) is 0 Å². The van der Waals surface area contributed by atoms with Gasteiger partial charge in [0.25, 0.3) is 0 Å². The standard InChI is InChI=1S/C16H24ClN3OS.ClH/c1-13(22-15-6-3-2-5-14(15)17)16(21)19-7-4-10-20-11-8-18-9-12-20;/h2-3,5-6,13,18H,4,7-12H2,1H3,(H,19,21);1H. The Bertz CT molecular complexity index is 484. The molecule has 1 heterocycles. The zero-order valence-corrected chi connectivity index (χ0v) is 15.8. The molecule has 0 aliphatic carbocycles. The van der Waals surface area contributed by atoms with E-state index < -0.39 is 0 Å². The molecule has 1 saturated heterocycles. The van der Waals surface area contributed by atoms with Gasteiger partial charge in [-0.2, -0.15) is 0 Å². The van der Waals surface area contributed by atoms with Gasteiger partial charge in [0, 0.05) is 37.6 Å². The highest BCUT2D eigenvalue weighted by molar-refractivity contribution is 8.00. The zero-order chi connectivity index (χ0) is 15.8. The van der Waals surface area contributed by atoms with Crippen LogP contribution in [0.5, 0.6) is 0 Å². The Morgan fingerprint density at radius 2 is 2.09 bits per heavy atom. The second-order valence-electron chi connectivity index (χ2n) is 5.43. The van der Waals surface area contributed by atoms with Gasteiger partial charge in [0.1, 0.15) is 0 Å². The maximum absolute atomic E-state index is 12.1. The van der Waals surface area contributed by atoms with Gasteiger partial charge in [-0.05, 0) is 32.0 Å². The number of amides is 1. The van der Waals surface area contributed by atoms with Crippen molar-refractivity contribution in [3.63, 3.8) is 0 Å². The molecular formula is C16H25Cl2N3OS. The third kappa shape index (κ3) is 7.31. The lowest BCUT2D eigenvalue weighted by Gasteiger charge is -2.27. The summed E-state index contributed by atoms with van der Waals surface area (Å²) >= 11 is 7.62. The van der Waals surface area contributed by atoms with Crippen LogP contribution in [0.15, 0.2) is 29.2 Å². The highest BCUT2D eigenvalue weighted by Crippen LogP contribution is 2.29. The van der Waals surface area contributed by atoms with Gasteiger partial charge in [0.15, 0.2) is 0 Å². The number of piperazine rings is 1. The summed E-state index contributed by atoms with van der Waals surface area (Å²) in [5.41, 5.74) is 0. The van der Waals surface area contributed by atoms with E-state index in [1.54, 1.807) is 0 Å². The maximum Gasteiger partial charge on any atom is 0.233 e. The number of halogens is 2. The quantitative estimate of drug-likeness (QED) is 0.566. The Labute approximate surface area is 154 Å². The highest BCUT2D eigenvalue weighted by atomic mass is 35.5. The third-order valence-electron chi connectivity index (χ3n) is 3.67. The fraction of sp³-hybridized carbons (Fsp3) is 0.562. The molecule has 0 radical (unpaired) electrons. The largest absolute Gasteiger partial charge is 0.355 e. The van der Waals surface area contributed by atoms with Crippen LogP contribution in [0.1, 0.15) is 13.3 Å². The van der Waals surface area contributed by atoms with E-state index in [1.807, 2.05) is 31.2 Å². The average molecular weight is 378 g/mol. The molecule has 1 atom stereocenters. The lowest BCUT2D eigenvalue weighted by atomic mass is 10.3. The summed E-state index contributed by atoms with van der Waals surface area (Å²) in [7, 11) is 0. The van der Waals surface area contributed by atoms with Crippen molar-refractivity contribution >= 4 is 41.7 Å². The first-order chi connectivity index (χ1) is 10.7. The molecule has 0 saturated carbocycles. The van der Waals surface area contributed by atoms with Gasteiger partial charge in [-0.3, -0.25) is 4.79 Å². The van der Waals surface area contributed by atoms with Crippen molar-refractivity contribution in [3.05, 3.63) is 29.3 Å². The zero-order valence-electron chi connectivity index (χ0n) is 13.4. The Balaban J connectivity index is 0.00000264. The number of thioether (sulfide) groups is 1. The van der Waals surface area contributed by atoms with Gasteiger partial charge in [-0.1, -0.05) is 23.7 Å². The van der Waals surface area contributed by atoms with Crippen LogP contribution in [0.2, 0.25) is 5.02 Å². The topological polar surface area (TPSA) is 44.4 Å². The molecule has 1 aliphatic heterocycles. The lowest BCUT2D eigenvalue weighted by Crippen LogP contribution is -2.44. The molecule has 2 rings (SSSR count). The summed E-state index contributed by atoms with van der Waals surface area (Å²) in [4.78, 5) is 15.5. The van der Waals surface area contributed by atoms with E-state index in [0.29, 0.717) is 5.02 Å². The summed E-state index contributed by atoms with van der Waals surface area (Å²) < 4.78 is 0. The van der Waals surface area contributed by atoms with Crippen LogP contribution in [0.3, 0.4) is 0 Å². The van der Waals surface area contributed by atoms with Gasteiger partial charge in [0.05, 0.1) is 10.3 Å². The van der Waals surface area contributed by atoms with E-state index in [0.717, 1.165) is 50.6 Å². The number of nitrogens with zero attached hydrogens (tertiary/aromatic N) is 1. The number of hydrogen-bond acceptors (Lipinski definition) is 4. The minimum absolute atomic E-state index is 0. The van der Waals surface area contributed by atoms with Crippen LogP contribution in [0, 0.1) is 0 Å². The normalized spacial score (nSPS) is 16.4. The van der Waals surface area contributed by atoms with Gasteiger partial charge >= 0.3 is 0 Å². The van der Waals surface area contributed by atoms with E-state index in [2.05, 4.69) is 15.5 Å². The molecule has 7 heteroatoms. The van der Waals surface area contributed by atoms with E-state index in [9.17, 15) is 4.79 Å². The molecule has 1 aliphatic rings. The fourth-order valence-electron chi connectivity index (χ4n) is 2.38. The predicted octanol–water partition coefficient (Wildman–Crippen LogP) is 2.65. The molecule has 1 aromatic rings. The highest BCUT2D eigenvalue weighted by Gasteiger charge is 2.15. The molecule has 4 nitrogen and oxygen atoms in total. The van der Waals surface area contributed by atoms with Crippen LogP contribution < -0.4 is 10.6 Å². The van der Waals surface area contributed by atoms with Crippen molar-refractivity contribution < 1.29 is 4.79 Å². The van der Waals surface area contributed by atoms with Crippen LogP contribution in [-0.2, 0) is 4.79 Å². The van der Waals surface area contributed by atoms with Crippen molar-refractivity contribution in [2.75, 3.05) is 39.3 Å². The molecule has 130 valence electrons. The van der Waals surface area contributed by atoms with Crippen LogP contribution in [0.25, 0.3) is 0 Å². The Morgan fingerprint density at radius 1 is 1.39 bits per heavy atom. The van der Waals surface area contributed by atoms with E-state index in [4.69, 9.17) is 11.6 Å². The summed E-state index contributed by atoms with van der Waals surface area (Å²) in [5, 5.41) is 6.92. The molecule has 2 N–H and O–H groups in total. The molecule has 23 heavy (non-hydrogen) atoms. The van der Waals surface area contributed by atoms with Crippen LogP contribution in [-0.4, -0.2) is 55.3 Å². The maximum atomic E-state index is 12.1. The Hall–Kier alpha value is -0.460. The second kappa shape index (κ2) is 11.2. The first-order valence-electron chi connectivity index (χ1n) is 7.79. The van der Waals surface area contributed by atoms with Gasteiger partial charge in [0.2, 0.25) is 5.91 Å². The smallest absolute Gasteiger partial charge is 0.233 e. The minimum atomic E-state index is -0.140. The van der Waals surface area contributed by atoms with Crippen molar-refractivity contribution in [2.24, 2.45) is 0 Å². The molecule has 0 bridgehead atoms. The molecule has 0 spiro atoms. The summed E-state index contributed by atoms with van der Waals surface area (Å²) in [6.07, 6.45) is 0.995. The van der Waals surface area contributed by atoms with Crippen LogP contribution >= 0.6 is 35.8 Å². The first-order valence-corrected chi connectivity index (χ1v) is 9.04. The van der Waals surface area contributed by atoms with Crippen molar-refractivity contribution in [1.82, 2.24) is 15.5 Å². The number of nitrogens with one attached hydrogen (secondary N) is 2. The van der Waals surface area contributed by atoms with Crippen molar-refractivity contribution in [2.45, 2.75) is 23.5 Å². The molecule has 1 fully saturated rings. The first kappa shape index (κ1) is 20.6. The Kier molecular flexibility index (Phi) is 9.99. The third-order valence-corrected chi connectivity index (χ3v) is 5.29. The average Bonchev–Trinajstić information content (AvgIpc) is 2.54. The molecule has 1 amide bonds. The van der Waals surface area contributed by atoms with Crippen molar-refractivity contribution in [1.29, 1.82) is 0 Å². The molecule has 1 aromatic carbocycles. The van der Waals surface area contributed by atoms with Crippen LogP contribution in [0.4, 0.5) is 0 Å². The second-order valence-corrected chi connectivity index (χ2v) is 7.22. The molecular weight excluding hydrogens is 353 g/mol. The van der Waals surface area contributed by atoms with E-state index in [1.165, 1.54) is 11.8 Å². The SMILES string of the molecule is CC(Sc1ccccc1Cl)C(=O)NCCCN1CCNCC1.Cl. The summed E-state index contributed by atoms with van der Waals surface area (Å²) in [6, 6.07) is 7.63. The predicted molar refractivity (Wildman–Crippen MR) is 101 cm³/mol. The minimum Gasteiger partial charge on any atom is -0.355 e. The summed E-state index contributed by atoms with van der Waals surface area (Å²) in [6.45, 7) is 8.04.